The number of nitrogens with zero attached hydrogens (tertiary/aromatic N) is 1. The van der Waals surface area contributed by atoms with Crippen LogP contribution in [0, 0.1) is 6.92 Å². The van der Waals surface area contributed by atoms with Crippen molar-refractivity contribution in [3.05, 3.63) is 65.9 Å². The number of pyridine rings is 1. The van der Waals surface area contributed by atoms with E-state index in [2.05, 4.69) is 11.6 Å². The molecule has 2 heteroatoms. The third kappa shape index (κ3) is 2.94. The van der Waals surface area contributed by atoms with Gasteiger partial charge in [-0.25, -0.2) is 4.98 Å². The number of rotatable bonds is 4. The summed E-state index contributed by atoms with van der Waals surface area (Å²) < 4.78 is 5.71. The first-order chi connectivity index (χ1) is 8.29. The van der Waals surface area contributed by atoms with Crippen LogP contribution in [-0.4, -0.2) is 4.98 Å². The number of hydrogen-bond acceptors (Lipinski definition) is 2. The Kier molecular flexibility index (Phi) is 3.55. The number of aromatic nitrogens is 1. The average Bonchev–Trinajstić information content (AvgIpc) is 2.38. The molecule has 0 atom stereocenters. The van der Waals surface area contributed by atoms with Gasteiger partial charge in [0.1, 0.15) is 6.61 Å². The van der Waals surface area contributed by atoms with E-state index in [1.165, 1.54) is 0 Å². The standard InChI is InChI=1S/C15H15NO/c1-3-14-10-9-12(2)16-15(14)17-11-13-7-5-4-6-8-13/h3-10H,1,11H2,2H3. The molecule has 0 unspecified atom stereocenters. The Bertz CT molecular complexity index is 506. The minimum absolute atomic E-state index is 0.526. The molecule has 1 aromatic heterocycles. The molecule has 2 aromatic rings. The van der Waals surface area contributed by atoms with Crippen molar-refractivity contribution in [1.29, 1.82) is 0 Å². The molecule has 0 bridgehead atoms. The summed E-state index contributed by atoms with van der Waals surface area (Å²) >= 11 is 0. The lowest BCUT2D eigenvalue weighted by Gasteiger charge is -2.08. The molecule has 0 saturated heterocycles. The minimum atomic E-state index is 0.526. The summed E-state index contributed by atoms with van der Waals surface area (Å²) in [6.45, 7) is 6.23. The lowest BCUT2D eigenvalue weighted by molar-refractivity contribution is 0.292. The van der Waals surface area contributed by atoms with Crippen LogP contribution in [0.4, 0.5) is 0 Å². The SMILES string of the molecule is C=Cc1ccc(C)nc1OCc1ccccc1. The lowest BCUT2D eigenvalue weighted by atomic mass is 10.2. The van der Waals surface area contributed by atoms with Gasteiger partial charge in [0.25, 0.3) is 0 Å². The van der Waals surface area contributed by atoms with E-state index in [1.807, 2.05) is 49.4 Å². The molecule has 0 saturated carbocycles. The Hall–Kier alpha value is -2.09. The van der Waals surface area contributed by atoms with Crippen molar-refractivity contribution in [3.63, 3.8) is 0 Å². The Morgan fingerprint density at radius 1 is 1.18 bits per heavy atom. The van der Waals surface area contributed by atoms with Gasteiger partial charge in [0.15, 0.2) is 0 Å². The van der Waals surface area contributed by atoms with Gasteiger partial charge in [-0.15, -0.1) is 0 Å². The lowest BCUT2D eigenvalue weighted by Crippen LogP contribution is -1.99. The van der Waals surface area contributed by atoms with E-state index < -0.39 is 0 Å². The van der Waals surface area contributed by atoms with Crippen LogP contribution >= 0.6 is 0 Å². The second kappa shape index (κ2) is 5.30. The Labute approximate surface area is 102 Å². The molecule has 1 aromatic carbocycles. The summed E-state index contributed by atoms with van der Waals surface area (Å²) in [5.41, 5.74) is 3.00. The molecule has 1 heterocycles. The molecule has 2 nitrogen and oxygen atoms in total. The van der Waals surface area contributed by atoms with E-state index in [4.69, 9.17) is 4.74 Å². The highest BCUT2D eigenvalue weighted by atomic mass is 16.5. The number of benzene rings is 1. The zero-order valence-electron chi connectivity index (χ0n) is 9.89. The first-order valence-corrected chi connectivity index (χ1v) is 5.56. The minimum Gasteiger partial charge on any atom is -0.472 e. The number of hydrogen-bond donors (Lipinski definition) is 0. The van der Waals surface area contributed by atoms with Gasteiger partial charge in [-0.2, -0.15) is 0 Å². The maximum Gasteiger partial charge on any atom is 0.221 e. The number of ether oxygens (including phenoxy) is 1. The van der Waals surface area contributed by atoms with Crippen molar-refractivity contribution in [2.45, 2.75) is 13.5 Å². The highest BCUT2D eigenvalue weighted by Gasteiger charge is 2.03. The molecule has 0 radical (unpaired) electrons. The molecule has 0 aliphatic carbocycles. The van der Waals surface area contributed by atoms with Gasteiger partial charge in [-0.05, 0) is 24.6 Å². The van der Waals surface area contributed by atoms with Crippen molar-refractivity contribution >= 4 is 6.08 Å². The summed E-state index contributed by atoms with van der Waals surface area (Å²) in [5, 5.41) is 0. The molecular formula is C15H15NO. The fourth-order valence-electron chi connectivity index (χ4n) is 1.54. The van der Waals surface area contributed by atoms with Crippen LogP contribution in [0.2, 0.25) is 0 Å². The molecule has 0 spiro atoms. The van der Waals surface area contributed by atoms with Gasteiger partial charge in [0.05, 0.1) is 0 Å². The first kappa shape index (κ1) is 11.4. The second-order valence-electron chi connectivity index (χ2n) is 3.83. The van der Waals surface area contributed by atoms with Crippen LogP contribution in [0.1, 0.15) is 16.8 Å². The summed E-state index contributed by atoms with van der Waals surface area (Å²) in [4.78, 5) is 4.37. The maximum atomic E-state index is 5.71. The summed E-state index contributed by atoms with van der Waals surface area (Å²) in [5.74, 6) is 0.642. The van der Waals surface area contributed by atoms with Gasteiger partial charge < -0.3 is 4.74 Å². The van der Waals surface area contributed by atoms with Gasteiger partial charge in [0.2, 0.25) is 5.88 Å². The maximum absolute atomic E-state index is 5.71. The van der Waals surface area contributed by atoms with Gasteiger partial charge >= 0.3 is 0 Å². The highest BCUT2D eigenvalue weighted by molar-refractivity contribution is 5.52. The van der Waals surface area contributed by atoms with Crippen LogP contribution in [0.25, 0.3) is 6.08 Å². The molecular weight excluding hydrogens is 210 g/mol. The van der Waals surface area contributed by atoms with E-state index in [9.17, 15) is 0 Å². The molecule has 0 amide bonds. The Morgan fingerprint density at radius 2 is 1.94 bits per heavy atom. The summed E-state index contributed by atoms with van der Waals surface area (Å²) in [6.07, 6.45) is 1.76. The van der Waals surface area contributed by atoms with Crippen molar-refractivity contribution in [3.8, 4) is 5.88 Å². The van der Waals surface area contributed by atoms with E-state index in [-0.39, 0.29) is 0 Å². The first-order valence-electron chi connectivity index (χ1n) is 5.56. The molecule has 0 N–H and O–H groups in total. The van der Waals surface area contributed by atoms with Crippen molar-refractivity contribution in [2.24, 2.45) is 0 Å². The third-order valence-corrected chi connectivity index (χ3v) is 2.47. The summed E-state index contributed by atoms with van der Waals surface area (Å²) in [7, 11) is 0. The number of aryl methyl sites for hydroxylation is 1. The van der Waals surface area contributed by atoms with Crippen molar-refractivity contribution in [2.75, 3.05) is 0 Å². The Morgan fingerprint density at radius 3 is 2.65 bits per heavy atom. The molecule has 2 rings (SSSR count). The topological polar surface area (TPSA) is 22.1 Å². The molecule has 86 valence electrons. The normalized spacial score (nSPS) is 9.94. The Balaban J connectivity index is 2.13. The van der Waals surface area contributed by atoms with Gasteiger partial charge in [-0.1, -0.05) is 43.0 Å². The summed E-state index contributed by atoms with van der Waals surface area (Å²) in [6, 6.07) is 14.0. The van der Waals surface area contributed by atoms with E-state index in [0.29, 0.717) is 12.5 Å². The fraction of sp³-hybridized carbons (Fsp3) is 0.133. The monoisotopic (exact) mass is 225 g/mol. The van der Waals surface area contributed by atoms with Gasteiger partial charge in [-0.3, -0.25) is 0 Å². The molecule has 0 aliphatic heterocycles. The van der Waals surface area contributed by atoms with Crippen LogP contribution in [0.3, 0.4) is 0 Å². The zero-order valence-corrected chi connectivity index (χ0v) is 9.89. The van der Waals surface area contributed by atoms with Crippen LogP contribution < -0.4 is 4.74 Å². The molecule has 0 fully saturated rings. The fourth-order valence-corrected chi connectivity index (χ4v) is 1.54. The van der Waals surface area contributed by atoms with Crippen LogP contribution in [-0.2, 0) is 6.61 Å². The largest absolute Gasteiger partial charge is 0.472 e. The zero-order chi connectivity index (χ0) is 12.1. The van der Waals surface area contributed by atoms with E-state index in [1.54, 1.807) is 6.08 Å². The van der Waals surface area contributed by atoms with E-state index >= 15 is 0 Å². The highest BCUT2D eigenvalue weighted by Crippen LogP contribution is 2.18. The predicted molar refractivity (Wildman–Crippen MR) is 69.8 cm³/mol. The average molecular weight is 225 g/mol. The second-order valence-corrected chi connectivity index (χ2v) is 3.83. The van der Waals surface area contributed by atoms with Crippen LogP contribution in [0.5, 0.6) is 5.88 Å². The van der Waals surface area contributed by atoms with Crippen molar-refractivity contribution in [1.82, 2.24) is 4.98 Å². The molecule has 17 heavy (non-hydrogen) atoms. The molecule has 0 aliphatic rings. The quantitative estimate of drug-likeness (QED) is 0.793. The third-order valence-electron chi connectivity index (χ3n) is 2.47. The smallest absolute Gasteiger partial charge is 0.221 e. The van der Waals surface area contributed by atoms with E-state index in [0.717, 1.165) is 16.8 Å². The van der Waals surface area contributed by atoms with Gasteiger partial charge in [0, 0.05) is 11.3 Å². The predicted octanol–water partition coefficient (Wildman–Crippen LogP) is 3.61. The van der Waals surface area contributed by atoms with Crippen molar-refractivity contribution < 1.29 is 4.74 Å². The van der Waals surface area contributed by atoms with Crippen LogP contribution in [0.15, 0.2) is 49.0 Å².